The lowest BCUT2D eigenvalue weighted by atomic mass is 9.43. The van der Waals surface area contributed by atoms with Gasteiger partial charge in [-0.25, -0.2) is 4.79 Å². The topological polar surface area (TPSA) is 108 Å². The third-order valence-electron chi connectivity index (χ3n) is 9.10. The van der Waals surface area contributed by atoms with E-state index in [1.165, 1.54) is 13.8 Å². The van der Waals surface area contributed by atoms with Gasteiger partial charge in [-0.2, -0.15) is 0 Å². The summed E-state index contributed by atoms with van der Waals surface area (Å²) in [6.45, 7) is 16.2. The summed E-state index contributed by atoms with van der Waals surface area (Å²) < 4.78 is 23.4. The molecule has 1 N–H and O–H groups in total. The molecule has 0 aromatic heterocycles. The third kappa shape index (κ3) is 5.28. The minimum atomic E-state index is -1.11. The van der Waals surface area contributed by atoms with E-state index in [1.807, 2.05) is 6.92 Å². The maximum atomic E-state index is 12.8. The summed E-state index contributed by atoms with van der Waals surface area (Å²) in [5.41, 5.74) is 0.111. The van der Waals surface area contributed by atoms with Gasteiger partial charge in [0.25, 0.3) is 0 Å². The minimum absolute atomic E-state index is 0.0881. The largest absolute Gasteiger partial charge is 0.459 e. The van der Waals surface area contributed by atoms with Crippen LogP contribution in [0.15, 0.2) is 36.0 Å². The van der Waals surface area contributed by atoms with Crippen molar-refractivity contribution >= 4 is 17.9 Å². The van der Waals surface area contributed by atoms with Crippen LogP contribution in [0.25, 0.3) is 0 Å². The Hall–Kier alpha value is -2.45. The quantitative estimate of drug-likeness (QED) is 0.225. The van der Waals surface area contributed by atoms with Crippen LogP contribution >= 0.6 is 0 Å². The first-order chi connectivity index (χ1) is 17.3. The van der Waals surface area contributed by atoms with E-state index in [0.717, 1.165) is 5.57 Å². The molecule has 3 rings (SSSR count). The number of allylic oxidation sites excluding steroid dienone is 4. The molecule has 0 bridgehead atoms. The molecule has 0 aromatic carbocycles. The van der Waals surface area contributed by atoms with Crippen molar-refractivity contribution in [2.24, 2.45) is 28.6 Å². The third-order valence-corrected chi connectivity index (χ3v) is 9.10. The molecule has 0 radical (unpaired) electrons. The fraction of sp³-hybridized carbons (Fsp3) is 0.690. The van der Waals surface area contributed by atoms with Crippen molar-refractivity contribution in [2.45, 2.75) is 98.9 Å². The van der Waals surface area contributed by atoms with Crippen LogP contribution in [0.2, 0.25) is 0 Å². The van der Waals surface area contributed by atoms with Crippen LogP contribution in [-0.2, 0) is 33.3 Å². The molecule has 8 nitrogen and oxygen atoms in total. The van der Waals surface area contributed by atoms with Crippen LogP contribution in [-0.4, -0.2) is 47.8 Å². The average molecular weight is 519 g/mol. The van der Waals surface area contributed by atoms with Gasteiger partial charge >= 0.3 is 17.9 Å². The van der Waals surface area contributed by atoms with Crippen LogP contribution < -0.4 is 0 Å². The van der Waals surface area contributed by atoms with E-state index in [-0.39, 0.29) is 17.3 Å². The lowest BCUT2D eigenvalue weighted by Crippen LogP contribution is -2.66. The maximum absolute atomic E-state index is 12.8. The maximum Gasteiger partial charge on any atom is 0.333 e. The lowest BCUT2D eigenvalue weighted by Gasteiger charge is -2.62. The predicted octanol–water partition coefficient (Wildman–Crippen LogP) is 4.62. The summed E-state index contributed by atoms with van der Waals surface area (Å²) in [5, 5.41) is 11.8. The van der Waals surface area contributed by atoms with Gasteiger partial charge in [0.15, 0.2) is 0 Å². The van der Waals surface area contributed by atoms with Crippen molar-refractivity contribution < 1.29 is 38.4 Å². The Bertz CT molecular complexity index is 982. The SMILES string of the molecule is C=C/C(C)=C/C[C@@]1(C)[C@@H](C)C[C@@H](O)C23[C@@H](OC(C)=O)O[C@@H](OC(C)=O)[C@H]2C[C@H](OC(=O)/C(C)=C/C)C[C@@H]31. The van der Waals surface area contributed by atoms with Gasteiger partial charge in [-0.05, 0) is 63.7 Å². The second-order valence-electron chi connectivity index (χ2n) is 11.2. The zero-order chi connectivity index (χ0) is 27.7. The van der Waals surface area contributed by atoms with Crippen LogP contribution in [0.1, 0.15) is 74.1 Å². The number of hydrogen-bond donors (Lipinski definition) is 1. The van der Waals surface area contributed by atoms with E-state index in [1.54, 1.807) is 26.0 Å². The normalized spacial score (nSPS) is 39.7. The van der Waals surface area contributed by atoms with Crippen molar-refractivity contribution in [3.63, 3.8) is 0 Å². The Kier molecular flexibility index (Phi) is 8.75. The van der Waals surface area contributed by atoms with Crippen molar-refractivity contribution in [1.82, 2.24) is 0 Å². The summed E-state index contributed by atoms with van der Waals surface area (Å²) in [5.74, 6) is -2.24. The van der Waals surface area contributed by atoms with Gasteiger partial charge in [0, 0.05) is 25.3 Å². The van der Waals surface area contributed by atoms with E-state index >= 15 is 0 Å². The molecule has 1 unspecified atom stereocenters. The molecule has 37 heavy (non-hydrogen) atoms. The second-order valence-corrected chi connectivity index (χ2v) is 11.2. The van der Waals surface area contributed by atoms with Crippen molar-refractivity contribution in [3.05, 3.63) is 36.0 Å². The van der Waals surface area contributed by atoms with Crippen molar-refractivity contribution in [3.8, 4) is 0 Å². The number of aliphatic hydroxyl groups is 1. The number of hydrogen-bond acceptors (Lipinski definition) is 8. The summed E-state index contributed by atoms with van der Waals surface area (Å²) in [6.07, 6.45) is 3.99. The highest BCUT2D eigenvalue weighted by Crippen LogP contribution is 2.68. The van der Waals surface area contributed by atoms with Crippen molar-refractivity contribution in [1.29, 1.82) is 0 Å². The predicted molar refractivity (Wildman–Crippen MR) is 137 cm³/mol. The number of carbonyl (C=O) groups excluding carboxylic acids is 3. The van der Waals surface area contributed by atoms with E-state index in [0.29, 0.717) is 31.3 Å². The van der Waals surface area contributed by atoms with Gasteiger partial charge in [-0.1, -0.05) is 44.2 Å². The zero-order valence-corrected chi connectivity index (χ0v) is 23.1. The first-order valence-corrected chi connectivity index (χ1v) is 13.1. The summed E-state index contributed by atoms with van der Waals surface area (Å²) in [4.78, 5) is 37.0. The lowest BCUT2D eigenvalue weighted by molar-refractivity contribution is -0.263. The standard InChI is InChI=1S/C29H42O8/c1-9-16(3)11-12-28(8)18(5)13-24(32)29-22(26(34-19(6)30)37-27(29)35-20(7)31)14-21(15-23(28)29)36-25(33)17(4)10-2/h9-11,18,21-24,26-27,32H,1,12-15H2,2-8H3/b16-11+,17-10+/t18-,21-,22+,23+,24+,26+,27-,28-,29?/m0/s1. The number of rotatable bonds is 7. The summed E-state index contributed by atoms with van der Waals surface area (Å²) in [6, 6.07) is 0. The molecule has 0 aromatic rings. The van der Waals surface area contributed by atoms with Crippen LogP contribution in [0, 0.1) is 28.6 Å². The molecular formula is C29H42O8. The molecule has 1 aliphatic heterocycles. The van der Waals surface area contributed by atoms with E-state index in [4.69, 9.17) is 18.9 Å². The van der Waals surface area contributed by atoms with Crippen molar-refractivity contribution in [2.75, 3.05) is 0 Å². The number of ether oxygens (including phenoxy) is 4. The van der Waals surface area contributed by atoms with Gasteiger partial charge in [0.1, 0.15) is 6.10 Å². The molecule has 8 heteroatoms. The molecule has 1 spiro atoms. The molecule has 206 valence electrons. The first kappa shape index (κ1) is 29.1. The highest BCUT2D eigenvalue weighted by Gasteiger charge is 2.73. The fourth-order valence-corrected chi connectivity index (χ4v) is 6.78. The molecule has 2 aliphatic carbocycles. The van der Waals surface area contributed by atoms with Gasteiger partial charge in [0.05, 0.1) is 11.5 Å². The fourth-order valence-electron chi connectivity index (χ4n) is 6.78. The number of aliphatic hydroxyl groups excluding tert-OH is 1. The van der Waals surface area contributed by atoms with E-state index in [9.17, 15) is 19.5 Å². The summed E-state index contributed by atoms with van der Waals surface area (Å²) in [7, 11) is 0. The Labute approximate surface area is 220 Å². The summed E-state index contributed by atoms with van der Waals surface area (Å²) >= 11 is 0. The van der Waals surface area contributed by atoms with Gasteiger partial charge < -0.3 is 24.1 Å². The second kappa shape index (κ2) is 11.1. The highest BCUT2D eigenvalue weighted by atomic mass is 16.8. The molecular weight excluding hydrogens is 476 g/mol. The molecule has 1 heterocycles. The van der Waals surface area contributed by atoms with Crippen LogP contribution in [0.3, 0.4) is 0 Å². The Morgan fingerprint density at radius 2 is 1.70 bits per heavy atom. The van der Waals surface area contributed by atoms with Gasteiger partial charge in [-0.3, -0.25) is 9.59 Å². The van der Waals surface area contributed by atoms with Crippen LogP contribution in [0.5, 0.6) is 0 Å². The molecule has 1 saturated heterocycles. The average Bonchev–Trinajstić information content (AvgIpc) is 3.12. The molecule has 3 aliphatic rings. The molecule has 9 atom stereocenters. The van der Waals surface area contributed by atoms with E-state index < -0.39 is 54.0 Å². The monoisotopic (exact) mass is 518 g/mol. The van der Waals surface area contributed by atoms with Gasteiger partial charge in [-0.15, -0.1) is 0 Å². The Morgan fingerprint density at radius 3 is 2.27 bits per heavy atom. The van der Waals surface area contributed by atoms with Crippen LogP contribution in [0.4, 0.5) is 0 Å². The minimum Gasteiger partial charge on any atom is -0.459 e. The highest BCUT2D eigenvalue weighted by molar-refractivity contribution is 5.87. The number of esters is 3. The first-order valence-electron chi connectivity index (χ1n) is 13.1. The number of carbonyl (C=O) groups is 3. The Morgan fingerprint density at radius 1 is 1.05 bits per heavy atom. The van der Waals surface area contributed by atoms with Gasteiger partial charge in [0.2, 0.25) is 12.6 Å². The smallest absolute Gasteiger partial charge is 0.333 e. The Balaban J connectivity index is 2.18. The molecule has 2 saturated carbocycles. The molecule has 0 amide bonds. The van der Waals surface area contributed by atoms with E-state index in [2.05, 4.69) is 26.5 Å². The zero-order valence-electron chi connectivity index (χ0n) is 23.1. The molecule has 3 fully saturated rings.